The molecule has 0 spiro atoms. The molecule has 0 radical (unpaired) electrons. The van der Waals surface area contributed by atoms with Gasteiger partial charge in [0.2, 0.25) is 0 Å². The summed E-state index contributed by atoms with van der Waals surface area (Å²) in [5.74, 6) is 2.05. The molecule has 21 heavy (non-hydrogen) atoms. The molecular weight excluding hydrogens is 260 g/mol. The van der Waals surface area contributed by atoms with Crippen LogP contribution in [0.15, 0.2) is 11.6 Å². The first-order valence-corrected chi connectivity index (χ1v) is 8.86. The van der Waals surface area contributed by atoms with E-state index in [-0.39, 0.29) is 17.3 Å². The smallest absolute Gasteiger partial charge is 0.155 e. The fraction of sp³-hybridized carbons (Fsp3) is 0.842. The Balaban J connectivity index is 1.74. The van der Waals surface area contributed by atoms with E-state index in [9.17, 15) is 9.90 Å². The van der Waals surface area contributed by atoms with Crippen LogP contribution in [0.4, 0.5) is 0 Å². The molecule has 2 nitrogen and oxygen atoms in total. The highest BCUT2D eigenvalue weighted by molar-refractivity contribution is 5.91. The van der Waals surface area contributed by atoms with E-state index in [0.717, 1.165) is 12.8 Å². The lowest BCUT2D eigenvalue weighted by Gasteiger charge is -2.58. The predicted molar refractivity (Wildman–Crippen MR) is 82.7 cm³/mol. The van der Waals surface area contributed by atoms with Crippen molar-refractivity contribution >= 4 is 5.78 Å². The standard InChI is InChI=1S/C19H28O2/c1-18-7-3-4-14(18)17-15(6-8-18)19(2)9-5-13(20)10-12(19)11-16(17)21/h10,14-17,21H,3-9,11H2,1-2H3/t14-,15-,16?,17+,18-,19-/m0/s1. The maximum absolute atomic E-state index is 11.8. The van der Waals surface area contributed by atoms with Crippen molar-refractivity contribution in [1.29, 1.82) is 0 Å². The molecular formula is C19H28O2. The summed E-state index contributed by atoms with van der Waals surface area (Å²) in [6.45, 7) is 4.85. The van der Waals surface area contributed by atoms with Gasteiger partial charge in [0.15, 0.2) is 5.78 Å². The van der Waals surface area contributed by atoms with E-state index in [1.807, 2.05) is 6.08 Å². The molecule has 0 aromatic heterocycles. The molecule has 2 heteroatoms. The molecule has 0 aromatic rings. The summed E-state index contributed by atoms with van der Waals surface area (Å²) < 4.78 is 0. The Bertz CT molecular complexity index is 508. The van der Waals surface area contributed by atoms with E-state index < -0.39 is 0 Å². The first kappa shape index (κ1) is 14.0. The van der Waals surface area contributed by atoms with E-state index in [1.54, 1.807) is 0 Å². The number of aliphatic hydroxyl groups is 1. The monoisotopic (exact) mass is 288 g/mol. The third kappa shape index (κ3) is 1.84. The van der Waals surface area contributed by atoms with E-state index >= 15 is 0 Å². The molecule has 1 N–H and O–H groups in total. The van der Waals surface area contributed by atoms with Gasteiger partial charge in [0, 0.05) is 6.42 Å². The molecule has 3 saturated carbocycles. The average molecular weight is 288 g/mol. The quantitative estimate of drug-likeness (QED) is 0.734. The Morgan fingerprint density at radius 3 is 2.76 bits per heavy atom. The fourth-order valence-electron chi connectivity index (χ4n) is 6.52. The van der Waals surface area contributed by atoms with Gasteiger partial charge in [0.1, 0.15) is 0 Å². The third-order valence-electron chi connectivity index (χ3n) is 7.77. The molecule has 6 atom stereocenters. The molecule has 0 bridgehead atoms. The van der Waals surface area contributed by atoms with Gasteiger partial charge in [-0.15, -0.1) is 0 Å². The number of carbonyl (C=O) groups is 1. The van der Waals surface area contributed by atoms with Crippen LogP contribution in [-0.2, 0) is 4.79 Å². The summed E-state index contributed by atoms with van der Waals surface area (Å²) in [7, 11) is 0. The van der Waals surface area contributed by atoms with Crippen LogP contribution in [0.1, 0.15) is 65.2 Å². The molecule has 0 aromatic carbocycles. The molecule has 0 aliphatic heterocycles. The molecule has 4 rings (SSSR count). The van der Waals surface area contributed by atoms with Crippen molar-refractivity contribution in [3.05, 3.63) is 11.6 Å². The number of ketones is 1. The molecule has 3 fully saturated rings. The van der Waals surface area contributed by atoms with E-state index in [0.29, 0.717) is 29.6 Å². The number of carbonyl (C=O) groups excluding carboxylic acids is 1. The van der Waals surface area contributed by atoms with Crippen molar-refractivity contribution in [3.8, 4) is 0 Å². The van der Waals surface area contributed by atoms with Gasteiger partial charge in [-0.1, -0.05) is 25.8 Å². The van der Waals surface area contributed by atoms with Gasteiger partial charge in [0.25, 0.3) is 0 Å². The number of rotatable bonds is 0. The molecule has 0 heterocycles. The van der Waals surface area contributed by atoms with E-state index in [2.05, 4.69) is 13.8 Å². The minimum atomic E-state index is -0.219. The van der Waals surface area contributed by atoms with Gasteiger partial charge in [-0.25, -0.2) is 0 Å². The lowest BCUT2D eigenvalue weighted by atomic mass is 9.47. The van der Waals surface area contributed by atoms with Crippen molar-refractivity contribution in [2.24, 2.45) is 28.6 Å². The summed E-state index contributed by atoms with van der Waals surface area (Å²) >= 11 is 0. The van der Waals surface area contributed by atoms with Crippen LogP contribution in [0, 0.1) is 28.6 Å². The number of aliphatic hydroxyl groups excluding tert-OH is 1. The molecule has 4 aliphatic carbocycles. The average Bonchev–Trinajstić information content (AvgIpc) is 2.82. The minimum absolute atomic E-state index is 0.182. The highest BCUT2D eigenvalue weighted by Gasteiger charge is 2.58. The molecule has 4 aliphatic rings. The zero-order chi connectivity index (χ0) is 14.8. The van der Waals surface area contributed by atoms with Crippen LogP contribution in [0.3, 0.4) is 0 Å². The summed E-state index contributed by atoms with van der Waals surface area (Å²) in [5, 5.41) is 10.9. The minimum Gasteiger partial charge on any atom is -0.392 e. The second kappa shape index (κ2) is 4.44. The lowest BCUT2D eigenvalue weighted by Crippen LogP contribution is -2.54. The number of hydrogen-bond donors (Lipinski definition) is 1. The van der Waals surface area contributed by atoms with Crippen molar-refractivity contribution < 1.29 is 9.90 Å². The Labute approximate surface area is 128 Å². The number of hydrogen-bond acceptors (Lipinski definition) is 2. The van der Waals surface area contributed by atoms with Gasteiger partial charge in [-0.2, -0.15) is 0 Å². The van der Waals surface area contributed by atoms with Gasteiger partial charge >= 0.3 is 0 Å². The summed E-state index contributed by atoms with van der Waals surface area (Å²) in [6.07, 6.45) is 10.7. The summed E-state index contributed by atoms with van der Waals surface area (Å²) in [5.41, 5.74) is 1.92. The largest absolute Gasteiger partial charge is 0.392 e. The first-order chi connectivity index (χ1) is 9.94. The Kier molecular flexibility index (Phi) is 2.96. The van der Waals surface area contributed by atoms with Crippen molar-refractivity contribution in [2.75, 3.05) is 0 Å². The fourth-order valence-corrected chi connectivity index (χ4v) is 6.52. The van der Waals surface area contributed by atoms with Crippen LogP contribution in [0.25, 0.3) is 0 Å². The zero-order valence-corrected chi connectivity index (χ0v) is 13.4. The van der Waals surface area contributed by atoms with Crippen LogP contribution in [-0.4, -0.2) is 17.0 Å². The normalized spacial score (nSPS) is 52.7. The van der Waals surface area contributed by atoms with E-state index in [4.69, 9.17) is 0 Å². The zero-order valence-electron chi connectivity index (χ0n) is 13.4. The predicted octanol–water partition coefficient (Wildman–Crippen LogP) is 3.88. The van der Waals surface area contributed by atoms with Crippen molar-refractivity contribution in [3.63, 3.8) is 0 Å². The highest BCUT2D eigenvalue weighted by Crippen LogP contribution is 2.65. The van der Waals surface area contributed by atoms with Crippen LogP contribution < -0.4 is 0 Å². The molecule has 1 unspecified atom stereocenters. The van der Waals surface area contributed by atoms with Crippen LogP contribution in [0.2, 0.25) is 0 Å². The Morgan fingerprint density at radius 2 is 1.95 bits per heavy atom. The first-order valence-electron chi connectivity index (χ1n) is 8.86. The second-order valence-corrected chi connectivity index (χ2v) is 8.70. The van der Waals surface area contributed by atoms with Crippen molar-refractivity contribution in [1.82, 2.24) is 0 Å². The Hall–Kier alpha value is -0.630. The maximum atomic E-state index is 11.8. The maximum Gasteiger partial charge on any atom is 0.155 e. The summed E-state index contributed by atoms with van der Waals surface area (Å²) in [4.78, 5) is 11.8. The van der Waals surface area contributed by atoms with Gasteiger partial charge in [-0.05, 0) is 73.2 Å². The Morgan fingerprint density at radius 1 is 1.14 bits per heavy atom. The number of fused-ring (bicyclic) bond motifs is 5. The molecule has 116 valence electrons. The summed E-state index contributed by atoms with van der Waals surface area (Å²) in [6, 6.07) is 0. The van der Waals surface area contributed by atoms with Crippen LogP contribution in [0.5, 0.6) is 0 Å². The van der Waals surface area contributed by atoms with Gasteiger partial charge in [-0.3, -0.25) is 4.79 Å². The lowest BCUT2D eigenvalue weighted by molar-refractivity contribution is -0.121. The topological polar surface area (TPSA) is 37.3 Å². The SMILES string of the molecule is C[C@@]12CCC[C@H]1[C@H]1C(O)CC3=CC(=O)CC[C@]3(C)[C@H]1CC2. The van der Waals surface area contributed by atoms with Gasteiger partial charge in [0.05, 0.1) is 6.10 Å². The van der Waals surface area contributed by atoms with Crippen molar-refractivity contribution in [2.45, 2.75) is 71.3 Å². The van der Waals surface area contributed by atoms with Crippen LogP contribution >= 0.6 is 0 Å². The third-order valence-corrected chi connectivity index (χ3v) is 7.77. The van der Waals surface area contributed by atoms with E-state index in [1.165, 1.54) is 37.7 Å². The second-order valence-electron chi connectivity index (χ2n) is 8.70. The van der Waals surface area contributed by atoms with Gasteiger partial charge < -0.3 is 5.11 Å². The molecule has 0 amide bonds. The molecule has 0 saturated heterocycles. The highest BCUT2D eigenvalue weighted by atomic mass is 16.3.